The van der Waals surface area contributed by atoms with Crippen molar-refractivity contribution in [3.8, 4) is 0 Å². The van der Waals surface area contributed by atoms with Gasteiger partial charge >= 0.3 is 6.18 Å². The molecule has 3 N–H and O–H groups in total. The Morgan fingerprint density at radius 1 is 1.17 bits per heavy atom. The maximum absolute atomic E-state index is 14.2. The van der Waals surface area contributed by atoms with Gasteiger partial charge in [-0.25, -0.2) is 9.37 Å². The predicted molar refractivity (Wildman–Crippen MR) is 110 cm³/mol. The van der Waals surface area contributed by atoms with Crippen molar-refractivity contribution >= 4 is 23.7 Å². The number of nitrogens with zero attached hydrogens (tertiary/aromatic N) is 1. The second-order valence-electron chi connectivity index (χ2n) is 6.55. The minimum atomic E-state index is -4.55. The predicted octanol–water partition coefficient (Wildman–Crippen LogP) is 4.46. The number of carbonyl (C=O) groups excluding carboxylic acids is 1. The van der Waals surface area contributed by atoms with Gasteiger partial charge in [0.25, 0.3) is 0 Å². The highest BCUT2D eigenvalue weighted by Gasteiger charge is 2.33. The maximum atomic E-state index is 14.2. The van der Waals surface area contributed by atoms with E-state index in [0.717, 1.165) is 6.07 Å². The third-order valence-electron chi connectivity index (χ3n) is 4.44. The molecule has 0 saturated carbocycles. The first kappa shape index (κ1) is 23.9. The topological polar surface area (TPSA) is 66.0 Å². The Labute approximate surface area is 177 Å². The van der Waals surface area contributed by atoms with Gasteiger partial charge in [0.15, 0.2) is 0 Å². The largest absolute Gasteiger partial charge is 0.433 e. The lowest BCUT2D eigenvalue weighted by molar-refractivity contribution is -0.141. The molecule has 0 radical (unpaired) electrons. The highest BCUT2D eigenvalue weighted by atomic mass is 32.2. The molecule has 0 aliphatic carbocycles. The van der Waals surface area contributed by atoms with Gasteiger partial charge in [-0.1, -0.05) is 30.1 Å². The van der Waals surface area contributed by atoms with Crippen molar-refractivity contribution in [3.05, 3.63) is 58.5 Å². The third-order valence-corrected chi connectivity index (χ3v) is 4.88. The molecular formula is C20H24F4N4OS. The number of aromatic nitrogens is 1. The van der Waals surface area contributed by atoms with Crippen LogP contribution in [0.4, 0.5) is 23.4 Å². The minimum absolute atomic E-state index is 0.00511. The summed E-state index contributed by atoms with van der Waals surface area (Å²) in [6, 6.07) is 6.80. The molecule has 0 aliphatic rings. The van der Waals surface area contributed by atoms with Crippen LogP contribution >= 0.6 is 11.9 Å². The zero-order valence-electron chi connectivity index (χ0n) is 16.9. The van der Waals surface area contributed by atoms with Gasteiger partial charge in [-0.15, -0.1) is 0 Å². The summed E-state index contributed by atoms with van der Waals surface area (Å²) >= 11 is 1.38. The van der Waals surface area contributed by atoms with Gasteiger partial charge in [0.05, 0.1) is 5.92 Å². The van der Waals surface area contributed by atoms with E-state index in [9.17, 15) is 22.4 Å². The monoisotopic (exact) mass is 444 g/mol. The van der Waals surface area contributed by atoms with Crippen molar-refractivity contribution in [2.45, 2.75) is 39.0 Å². The van der Waals surface area contributed by atoms with Crippen LogP contribution in [-0.4, -0.2) is 23.7 Å². The van der Waals surface area contributed by atoms with Gasteiger partial charge in [-0.2, -0.15) is 13.2 Å². The van der Waals surface area contributed by atoms with Crippen molar-refractivity contribution in [2.75, 3.05) is 18.1 Å². The van der Waals surface area contributed by atoms with Crippen molar-refractivity contribution in [2.24, 2.45) is 0 Å². The Kier molecular flexibility index (Phi) is 8.48. The first-order valence-electron chi connectivity index (χ1n) is 9.30. The van der Waals surface area contributed by atoms with Gasteiger partial charge in [-0.05, 0) is 37.8 Å². The fourth-order valence-corrected chi connectivity index (χ4v) is 3.02. The lowest BCUT2D eigenvalue weighted by Gasteiger charge is -2.16. The zero-order chi connectivity index (χ0) is 22.3. The molecule has 5 nitrogen and oxygen atoms in total. The molecule has 2 aromatic rings. The van der Waals surface area contributed by atoms with Crippen LogP contribution in [0.3, 0.4) is 0 Å². The van der Waals surface area contributed by atoms with E-state index in [1.807, 2.05) is 6.26 Å². The molecule has 2 rings (SSSR count). The Morgan fingerprint density at radius 2 is 1.87 bits per heavy atom. The highest BCUT2D eigenvalue weighted by molar-refractivity contribution is 7.96. The fourth-order valence-electron chi connectivity index (χ4n) is 2.72. The van der Waals surface area contributed by atoms with Crippen molar-refractivity contribution in [1.82, 2.24) is 15.0 Å². The van der Waals surface area contributed by atoms with E-state index in [1.165, 1.54) is 24.1 Å². The number of benzene rings is 1. The summed E-state index contributed by atoms with van der Waals surface area (Å²) in [6.45, 7) is 4.11. The van der Waals surface area contributed by atoms with Crippen LogP contribution in [0.1, 0.15) is 42.1 Å². The average Bonchev–Trinajstić information content (AvgIpc) is 2.70. The number of amides is 1. The Balaban J connectivity index is 2.08. The van der Waals surface area contributed by atoms with E-state index in [0.29, 0.717) is 29.8 Å². The molecule has 1 aromatic heterocycles. The van der Waals surface area contributed by atoms with E-state index in [-0.39, 0.29) is 18.3 Å². The van der Waals surface area contributed by atoms with Crippen LogP contribution in [0, 0.1) is 5.82 Å². The molecule has 10 heteroatoms. The molecule has 0 saturated heterocycles. The van der Waals surface area contributed by atoms with E-state index >= 15 is 0 Å². The smallest absolute Gasteiger partial charge is 0.370 e. The number of hydrogen-bond donors (Lipinski definition) is 3. The molecular weight excluding hydrogens is 420 g/mol. The quantitative estimate of drug-likeness (QED) is 0.394. The number of halogens is 4. The zero-order valence-corrected chi connectivity index (χ0v) is 17.7. The molecule has 1 heterocycles. The molecule has 30 heavy (non-hydrogen) atoms. The first-order valence-corrected chi connectivity index (χ1v) is 10.5. The number of nitrogens with one attached hydrogen (secondary N) is 3. The van der Waals surface area contributed by atoms with E-state index in [1.54, 1.807) is 26.0 Å². The number of rotatable bonds is 9. The van der Waals surface area contributed by atoms with Crippen LogP contribution in [0.2, 0.25) is 0 Å². The van der Waals surface area contributed by atoms with Crippen molar-refractivity contribution in [3.63, 3.8) is 0 Å². The van der Waals surface area contributed by atoms with E-state index in [4.69, 9.17) is 0 Å². The second kappa shape index (κ2) is 10.6. The van der Waals surface area contributed by atoms with Crippen LogP contribution < -0.4 is 15.4 Å². The Morgan fingerprint density at radius 3 is 2.47 bits per heavy atom. The molecule has 1 unspecified atom stereocenters. The highest BCUT2D eigenvalue weighted by Crippen LogP contribution is 2.29. The van der Waals surface area contributed by atoms with Crippen molar-refractivity contribution in [1.29, 1.82) is 0 Å². The molecule has 0 bridgehead atoms. The van der Waals surface area contributed by atoms with Crippen molar-refractivity contribution < 1.29 is 22.4 Å². The number of pyridine rings is 1. The third kappa shape index (κ3) is 6.33. The fraction of sp³-hybridized carbons (Fsp3) is 0.400. The summed E-state index contributed by atoms with van der Waals surface area (Å²) in [4.78, 5) is 16.1. The number of anilines is 1. The Bertz CT molecular complexity index is 876. The van der Waals surface area contributed by atoms with Crippen LogP contribution in [0.15, 0.2) is 30.3 Å². The Hall–Kier alpha value is -2.33. The summed E-state index contributed by atoms with van der Waals surface area (Å²) in [6.07, 6.45) is -2.71. The summed E-state index contributed by atoms with van der Waals surface area (Å²) in [5.74, 6) is -1.34. The van der Waals surface area contributed by atoms with Gasteiger partial charge in [0.2, 0.25) is 5.91 Å². The number of hydrogen-bond acceptors (Lipinski definition) is 5. The summed E-state index contributed by atoms with van der Waals surface area (Å²) in [5.41, 5.74) is 0.422. The normalized spacial score (nSPS) is 12.5. The number of alkyl halides is 3. The van der Waals surface area contributed by atoms with Gasteiger partial charge in [-0.3, -0.25) is 9.52 Å². The van der Waals surface area contributed by atoms with Crippen LogP contribution in [0.25, 0.3) is 0 Å². The molecule has 0 fully saturated rings. The first-order chi connectivity index (χ1) is 14.2. The van der Waals surface area contributed by atoms with E-state index < -0.39 is 23.6 Å². The van der Waals surface area contributed by atoms with E-state index in [2.05, 4.69) is 20.3 Å². The van der Waals surface area contributed by atoms with Crippen LogP contribution in [0.5, 0.6) is 0 Å². The second-order valence-corrected chi connectivity index (χ2v) is 7.24. The minimum Gasteiger partial charge on any atom is -0.370 e. The van der Waals surface area contributed by atoms with Gasteiger partial charge < -0.3 is 10.6 Å². The SMILES string of the molecule is CCNc1nc(C(F)(F)F)ccc1CNC(=O)C(C)c1ccc(CNSC)c(F)c1. The summed E-state index contributed by atoms with van der Waals surface area (Å²) < 4.78 is 55.8. The lowest BCUT2D eigenvalue weighted by atomic mass is 9.98. The number of carbonyl (C=O) groups is 1. The summed E-state index contributed by atoms with van der Waals surface area (Å²) in [7, 11) is 0. The molecule has 1 amide bonds. The van der Waals surface area contributed by atoms with Gasteiger partial charge in [0, 0.05) is 30.8 Å². The maximum Gasteiger partial charge on any atom is 0.433 e. The molecule has 1 aromatic carbocycles. The molecule has 164 valence electrons. The average molecular weight is 444 g/mol. The molecule has 0 spiro atoms. The standard InChI is InChI=1S/C20H24F4N4OS/c1-4-25-18-15(7-8-17(28-18)20(22,23)24)10-26-19(29)12(2)13-5-6-14(11-27-30-3)16(21)9-13/h5-9,12,27H,4,10-11H2,1-3H3,(H,25,28)(H,26,29). The summed E-state index contributed by atoms with van der Waals surface area (Å²) in [5, 5.41) is 5.47. The van der Waals surface area contributed by atoms with Gasteiger partial charge in [0.1, 0.15) is 17.3 Å². The molecule has 0 aliphatic heterocycles. The molecule has 1 atom stereocenters. The van der Waals surface area contributed by atoms with Crippen LogP contribution in [-0.2, 0) is 24.1 Å². The lowest BCUT2D eigenvalue weighted by Crippen LogP contribution is -2.28.